The van der Waals surface area contributed by atoms with Crippen molar-refractivity contribution in [2.75, 3.05) is 19.7 Å². The van der Waals surface area contributed by atoms with E-state index in [1.165, 1.54) is 0 Å². The summed E-state index contributed by atoms with van der Waals surface area (Å²) in [5.74, 6) is 0. The zero-order valence-electron chi connectivity index (χ0n) is 8.61. The van der Waals surface area contributed by atoms with Crippen LogP contribution in [0.4, 0.5) is 4.39 Å². The first-order chi connectivity index (χ1) is 6.08. The first kappa shape index (κ1) is 10.9. The van der Waals surface area contributed by atoms with E-state index in [-0.39, 0.29) is 0 Å². The highest BCUT2D eigenvalue weighted by Crippen LogP contribution is 2.15. The molecule has 1 fully saturated rings. The van der Waals surface area contributed by atoms with Gasteiger partial charge in [0.05, 0.1) is 6.10 Å². The number of hydrogen-bond donors (Lipinski definition) is 1. The maximum absolute atomic E-state index is 13.1. The SMILES string of the molecule is CC(C)(F)CCOC1CCNCC1. The molecule has 0 aromatic carbocycles. The molecule has 0 spiro atoms. The highest BCUT2D eigenvalue weighted by molar-refractivity contribution is 4.70. The van der Waals surface area contributed by atoms with Gasteiger partial charge in [0, 0.05) is 13.0 Å². The third kappa shape index (κ3) is 5.21. The van der Waals surface area contributed by atoms with Crippen LogP contribution in [-0.4, -0.2) is 31.5 Å². The van der Waals surface area contributed by atoms with Crippen LogP contribution in [0.15, 0.2) is 0 Å². The molecule has 0 atom stereocenters. The molecule has 1 saturated heterocycles. The lowest BCUT2D eigenvalue weighted by molar-refractivity contribution is 0.0123. The number of halogens is 1. The summed E-state index contributed by atoms with van der Waals surface area (Å²) < 4.78 is 18.6. The molecule has 0 aliphatic carbocycles. The molecule has 0 amide bonds. The van der Waals surface area contributed by atoms with Crippen molar-refractivity contribution in [3.05, 3.63) is 0 Å². The molecule has 0 saturated carbocycles. The minimum absolute atomic E-state index is 0.351. The lowest BCUT2D eigenvalue weighted by Crippen LogP contribution is -2.33. The van der Waals surface area contributed by atoms with E-state index in [1.54, 1.807) is 13.8 Å². The van der Waals surface area contributed by atoms with Crippen molar-refractivity contribution in [2.24, 2.45) is 0 Å². The van der Waals surface area contributed by atoms with Gasteiger partial charge in [0.2, 0.25) is 0 Å². The van der Waals surface area contributed by atoms with Crippen molar-refractivity contribution in [3.8, 4) is 0 Å². The van der Waals surface area contributed by atoms with Crippen LogP contribution in [0.3, 0.4) is 0 Å². The van der Waals surface area contributed by atoms with E-state index in [0.29, 0.717) is 19.1 Å². The fourth-order valence-electron chi connectivity index (χ4n) is 1.43. The Morgan fingerprint density at radius 2 is 2.00 bits per heavy atom. The van der Waals surface area contributed by atoms with Gasteiger partial charge in [-0.3, -0.25) is 0 Å². The van der Waals surface area contributed by atoms with Gasteiger partial charge in [-0.05, 0) is 39.8 Å². The van der Waals surface area contributed by atoms with Gasteiger partial charge in [-0.1, -0.05) is 0 Å². The molecule has 1 heterocycles. The molecule has 0 unspecified atom stereocenters. The molecule has 1 N–H and O–H groups in total. The number of piperidine rings is 1. The molecule has 1 rings (SSSR count). The monoisotopic (exact) mass is 189 g/mol. The van der Waals surface area contributed by atoms with Gasteiger partial charge in [0.1, 0.15) is 5.67 Å². The third-order valence-electron chi connectivity index (χ3n) is 2.34. The third-order valence-corrected chi connectivity index (χ3v) is 2.34. The van der Waals surface area contributed by atoms with Crippen molar-refractivity contribution in [2.45, 2.75) is 44.9 Å². The summed E-state index contributed by atoms with van der Waals surface area (Å²) in [5.41, 5.74) is -1.09. The number of ether oxygens (including phenoxy) is 1. The van der Waals surface area contributed by atoms with Crippen LogP contribution in [0.5, 0.6) is 0 Å². The van der Waals surface area contributed by atoms with Crippen LogP contribution in [-0.2, 0) is 4.74 Å². The molecular weight excluding hydrogens is 169 g/mol. The summed E-state index contributed by atoms with van der Waals surface area (Å²) >= 11 is 0. The van der Waals surface area contributed by atoms with Gasteiger partial charge in [-0.2, -0.15) is 0 Å². The van der Waals surface area contributed by atoms with Crippen LogP contribution in [0, 0.1) is 0 Å². The van der Waals surface area contributed by atoms with E-state index in [4.69, 9.17) is 4.74 Å². The maximum Gasteiger partial charge on any atom is 0.107 e. The first-order valence-electron chi connectivity index (χ1n) is 5.09. The Morgan fingerprint density at radius 1 is 1.38 bits per heavy atom. The average molecular weight is 189 g/mol. The van der Waals surface area contributed by atoms with Crippen LogP contribution < -0.4 is 5.32 Å². The van der Waals surface area contributed by atoms with Gasteiger partial charge in [-0.15, -0.1) is 0 Å². The number of hydrogen-bond acceptors (Lipinski definition) is 2. The lowest BCUT2D eigenvalue weighted by atomic mass is 10.1. The summed E-state index contributed by atoms with van der Waals surface area (Å²) in [6, 6.07) is 0. The number of alkyl halides is 1. The molecule has 78 valence electrons. The molecule has 2 nitrogen and oxygen atoms in total. The molecule has 0 aromatic rings. The molecule has 0 bridgehead atoms. The molecule has 1 aliphatic heterocycles. The highest BCUT2D eigenvalue weighted by atomic mass is 19.1. The summed E-state index contributed by atoms with van der Waals surface area (Å²) in [4.78, 5) is 0. The highest BCUT2D eigenvalue weighted by Gasteiger charge is 2.17. The summed E-state index contributed by atoms with van der Waals surface area (Å²) in [6.45, 7) is 5.80. The quantitative estimate of drug-likeness (QED) is 0.729. The Labute approximate surface area is 79.8 Å². The Balaban J connectivity index is 2.04. The zero-order valence-corrected chi connectivity index (χ0v) is 8.61. The van der Waals surface area contributed by atoms with E-state index in [2.05, 4.69) is 5.32 Å². The summed E-state index contributed by atoms with van der Waals surface area (Å²) in [5, 5.41) is 3.27. The second-order valence-corrected chi connectivity index (χ2v) is 4.29. The Morgan fingerprint density at radius 3 is 2.54 bits per heavy atom. The van der Waals surface area contributed by atoms with E-state index in [0.717, 1.165) is 25.9 Å². The van der Waals surface area contributed by atoms with Crippen molar-refractivity contribution in [3.63, 3.8) is 0 Å². The summed E-state index contributed by atoms with van der Waals surface area (Å²) in [6.07, 6.45) is 2.97. The van der Waals surface area contributed by atoms with E-state index in [1.807, 2.05) is 0 Å². The second kappa shape index (κ2) is 4.91. The predicted octanol–water partition coefficient (Wildman–Crippen LogP) is 1.89. The van der Waals surface area contributed by atoms with Crippen molar-refractivity contribution in [1.82, 2.24) is 5.32 Å². The number of rotatable bonds is 4. The normalized spacial score (nSPS) is 20.5. The van der Waals surface area contributed by atoms with E-state index >= 15 is 0 Å². The molecule has 0 aromatic heterocycles. The van der Waals surface area contributed by atoms with Gasteiger partial charge in [0.15, 0.2) is 0 Å². The Bertz CT molecular complexity index is 138. The first-order valence-corrected chi connectivity index (χ1v) is 5.09. The Hall–Kier alpha value is -0.150. The van der Waals surface area contributed by atoms with Crippen molar-refractivity contribution >= 4 is 0 Å². The molecular formula is C10H20FNO. The Kier molecular flexibility index (Phi) is 4.13. The molecule has 3 heteroatoms. The lowest BCUT2D eigenvalue weighted by Gasteiger charge is -2.24. The average Bonchev–Trinajstić information content (AvgIpc) is 2.04. The molecule has 13 heavy (non-hydrogen) atoms. The van der Waals surface area contributed by atoms with Gasteiger partial charge >= 0.3 is 0 Å². The van der Waals surface area contributed by atoms with Crippen LogP contribution in [0.2, 0.25) is 0 Å². The van der Waals surface area contributed by atoms with Gasteiger partial charge < -0.3 is 10.1 Å². The topological polar surface area (TPSA) is 21.3 Å². The minimum atomic E-state index is -1.09. The molecule has 0 radical (unpaired) electrons. The standard InChI is InChI=1S/C10H20FNO/c1-10(2,11)5-8-13-9-3-6-12-7-4-9/h9,12H,3-8H2,1-2H3. The maximum atomic E-state index is 13.1. The minimum Gasteiger partial charge on any atom is -0.378 e. The fourth-order valence-corrected chi connectivity index (χ4v) is 1.43. The summed E-state index contributed by atoms with van der Waals surface area (Å²) in [7, 11) is 0. The van der Waals surface area contributed by atoms with Gasteiger partial charge in [-0.25, -0.2) is 4.39 Å². The van der Waals surface area contributed by atoms with Crippen molar-refractivity contribution < 1.29 is 9.13 Å². The second-order valence-electron chi connectivity index (χ2n) is 4.29. The molecule has 1 aliphatic rings. The van der Waals surface area contributed by atoms with E-state index < -0.39 is 5.67 Å². The van der Waals surface area contributed by atoms with E-state index in [9.17, 15) is 4.39 Å². The van der Waals surface area contributed by atoms with Gasteiger partial charge in [0.25, 0.3) is 0 Å². The number of nitrogens with one attached hydrogen (secondary N) is 1. The van der Waals surface area contributed by atoms with Crippen molar-refractivity contribution in [1.29, 1.82) is 0 Å². The zero-order chi connectivity index (χ0) is 9.73. The predicted molar refractivity (Wildman–Crippen MR) is 51.6 cm³/mol. The fraction of sp³-hybridized carbons (Fsp3) is 1.00. The largest absolute Gasteiger partial charge is 0.378 e. The van der Waals surface area contributed by atoms with Crippen LogP contribution >= 0.6 is 0 Å². The smallest absolute Gasteiger partial charge is 0.107 e. The van der Waals surface area contributed by atoms with Crippen LogP contribution in [0.1, 0.15) is 33.1 Å². The van der Waals surface area contributed by atoms with Crippen LogP contribution in [0.25, 0.3) is 0 Å².